The Labute approximate surface area is 140 Å². The summed E-state index contributed by atoms with van der Waals surface area (Å²) in [5, 5.41) is 17.9. The van der Waals surface area contributed by atoms with Crippen LogP contribution in [0, 0.1) is 15.5 Å². The van der Waals surface area contributed by atoms with Crippen LogP contribution in [-0.2, 0) is 18.3 Å². The SMILES string of the molecule is Cn1cc(C(NC(=O)Cc2ccc([N+](=O)[O-])cc2)C(C)(C)C)cn1. The zero-order valence-corrected chi connectivity index (χ0v) is 14.3. The number of nitrogens with one attached hydrogen (secondary N) is 1. The van der Waals surface area contributed by atoms with Gasteiger partial charge in [-0.2, -0.15) is 5.10 Å². The molecule has 0 radical (unpaired) electrons. The highest BCUT2D eigenvalue weighted by Gasteiger charge is 2.28. The summed E-state index contributed by atoms with van der Waals surface area (Å²) in [6.07, 6.45) is 3.81. The van der Waals surface area contributed by atoms with E-state index in [4.69, 9.17) is 0 Å². The topological polar surface area (TPSA) is 90.1 Å². The van der Waals surface area contributed by atoms with Gasteiger partial charge in [-0.25, -0.2) is 0 Å². The summed E-state index contributed by atoms with van der Waals surface area (Å²) in [5.74, 6) is -0.132. The van der Waals surface area contributed by atoms with E-state index in [0.29, 0.717) is 0 Å². The summed E-state index contributed by atoms with van der Waals surface area (Å²) in [6, 6.07) is 5.86. The summed E-state index contributed by atoms with van der Waals surface area (Å²) in [5.41, 5.74) is 1.52. The van der Waals surface area contributed by atoms with Crippen LogP contribution in [0.4, 0.5) is 5.69 Å². The minimum absolute atomic E-state index is 0.0158. The second kappa shape index (κ2) is 6.82. The van der Waals surface area contributed by atoms with Crippen molar-refractivity contribution in [1.29, 1.82) is 0 Å². The lowest BCUT2D eigenvalue weighted by Crippen LogP contribution is -2.37. The Morgan fingerprint density at radius 1 is 1.33 bits per heavy atom. The highest BCUT2D eigenvalue weighted by Crippen LogP contribution is 2.32. The van der Waals surface area contributed by atoms with Crippen LogP contribution in [0.3, 0.4) is 0 Å². The quantitative estimate of drug-likeness (QED) is 0.674. The van der Waals surface area contributed by atoms with Gasteiger partial charge in [-0.15, -0.1) is 0 Å². The van der Waals surface area contributed by atoms with Crippen LogP contribution in [0.2, 0.25) is 0 Å². The van der Waals surface area contributed by atoms with Gasteiger partial charge in [0, 0.05) is 30.9 Å². The van der Waals surface area contributed by atoms with Gasteiger partial charge >= 0.3 is 0 Å². The average molecular weight is 330 g/mol. The molecule has 0 fully saturated rings. The molecule has 1 N–H and O–H groups in total. The van der Waals surface area contributed by atoms with Crippen LogP contribution >= 0.6 is 0 Å². The number of aryl methyl sites for hydroxylation is 1. The van der Waals surface area contributed by atoms with Crippen LogP contribution in [0.5, 0.6) is 0 Å². The van der Waals surface area contributed by atoms with Crippen LogP contribution in [-0.4, -0.2) is 20.6 Å². The molecule has 1 unspecified atom stereocenters. The molecule has 7 nitrogen and oxygen atoms in total. The highest BCUT2D eigenvalue weighted by molar-refractivity contribution is 5.79. The number of hydrogen-bond donors (Lipinski definition) is 1. The number of non-ortho nitro benzene ring substituents is 1. The predicted molar refractivity (Wildman–Crippen MR) is 90.3 cm³/mol. The first-order chi connectivity index (χ1) is 11.2. The molecular formula is C17H22N4O3. The molecule has 0 saturated heterocycles. The molecule has 2 aromatic rings. The Morgan fingerprint density at radius 2 is 1.96 bits per heavy atom. The van der Waals surface area contributed by atoms with Crippen LogP contribution < -0.4 is 5.32 Å². The Kier molecular flexibility index (Phi) is 5.02. The van der Waals surface area contributed by atoms with Gasteiger partial charge in [0.25, 0.3) is 5.69 Å². The van der Waals surface area contributed by atoms with Gasteiger partial charge in [0.2, 0.25) is 5.91 Å². The summed E-state index contributed by atoms with van der Waals surface area (Å²) in [4.78, 5) is 22.6. The van der Waals surface area contributed by atoms with Crippen LogP contribution in [0.25, 0.3) is 0 Å². The molecule has 24 heavy (non-hydrogen) atoms. The molecule has 1 aromatic carbocycles. The zero-order valence-electron chi connectivity index (χ0n) is 14.3. The third-order valence-electron chi connectivity index (χ3n) is 3.74. The Bertz CT molecular complexity index is 729. The van der Waals surface area contributed by atoms with E-state index in [9.17, 15) is 14.9 Å². The van der Waals surface area contributed by atoms with Gasteiger partial charge in [0.1, 0.15) is 0 Å². The fraction of sp³-hybridized carbons (Fsp3) is 0.412. The molecule has 0 aliphatic carbocycles. The minimum atomic E-state index is -0.456. The molecule has 1 amide bonds. The van der Waals surface area contributed by atoms with Gasteiger partial charge < -0.3 is 5.32 Å². The highest BCUT2D eigenvalue weighted by atomic mass is 16.6. The van der Waals surface area contributed by atoms with Gasteiger partial charge in [0.15, 0.2) is 0 Å². The van der Waals surface area contributed by atoms with E-state index in [0.717, 1.165) is 11.1 Å². The maximum Gasteiger partial charge on any atom is 0.269 e. The van der Waals surface area contributed by atoms with Crippen molar-refractivity contribution in [3.63, 3.8) is 0 Å². The van der Waals surface area contributed by atoms with E-state index in [2.05, 4.69) is 31.2 Å². The van der Waals surface area contributed by atoms with Crippen molar-refractivity contribution < 1.29 is 9.72 Å². The Hall–Kier alpha value is -2.70. The number of nitro groups is 1. The number of nitro benzene ring substituents is 1. The molecule has 1 heterocycles. The molecule has 128 valence electrons. The largest absolute Gasteiger partial charge is 0.348 e. The monoisotopic (exact) mass is 330 g/mol. The number of nitrogens with zero attached hydrogens (tertiary/aromatic N) is 3. The summed E-state index contributed by atoms with van der Waals surface area (Å²) in [7, 11) is 1.84. The maximum absolute atomic E-state index is 12.4. The second-order valence-electron chi connectivity index (χ2n) is 6.91. The molecule has 2 rings (SSSR count). The fourth-order valence-corrected chi connectivity index (χ4v) is 2.52. The number of carbonyl (C=O) groups is 1. The molecule has 1 aromatic heterocycles. The van der Waals surface area contributed by atoms with Crippen molar-refractivity contribution in [1.82, 2.24) is 15.1 Å². The standard InChI is InChI=1S/C17H22N4O3/c1-17(2,3)16(13-10-18-20(4)11-13)19-15(22)9-12-5-7-14(8-6-12)21(23)24/h5-8,10-11,16H,9H2,1-4H3,(H,19,22). The maximum atomic E-state index is 12.4. The summed E-state index contributed by atoms with van der Waals surface area (Å²) in [6.45, 7) is 6.16. The first kappa shape index (κ1) is 17.7. The molecule has 7 heteroatoms. The van der Waals surface area contributed by atoms with E-state index in [-0.39, 0.29) is 29.5 Å². The summed E-state index contributed by atoms with van der Waals surface area (Å²) >= 11 is 0. The second-order valence-corrected chi connectivity index (χ2v) is 6.91. The lowest BCUT2D eigenvalue weighted by atomic mass is 9.83. The molecule has 0 saturated carbocycles. The van der Waals surface area contributed by atoms with E-state index >= 15 is 0 Å². The number of aromatic nitrogens is 2. The van der Waals surface area contributed by atoms with E-state index < -0.39 is 4.92 Å². The Morgan fingerprint density at radius 3 is 2.42 bits per heavy atom. The van der Waals surface area contributed by atoms with Crippen molar-refractivity contribution in [2.45, 2.75) is 33.2 Å². The van der Waals surface area contributed by atoms with Crippen molar-refractivity contribution in [3.8, 4) is 0 Å². The van der Waals surface area contributed by atoms with Crippen LogP contribution in [0.1, 0.15) is 37.9 Å². The van der Waals surface area contributed by atoms with Crippen molar-refractivity contribution in [2.24, 2.45) is 12.5 Å². The zero-order chi connectivity index (χ0) is 17.9. The normalized spacial score (nSPS) is 12.7. The van der Waals surface area contributed by atoms with Crippen LogP contribution in [0.15, 0.2) is 36.7 Å². The number of benzene rings is 1. The van der Waals surface area contributed by atoms with E-state index in [1.54, 1.807) is 23.0 Å². The van der Waals surface area contributed by atoms with Gasteiger partial charge in [-0.3, -0.25) is 19.6 Å². The van der Waals surface area contributed by atoms with Gasteiger partial charge in [0.05, 0.1) is 23.6 Å². The third kappa shape index (κ3) is 4.41. The molecular weight excluding hydrogens is 308 g/mol. The summed E-state index contributed by atoms with van der Waals surface area (Å²) < 4.78 is 1.70. The predicted octanol–water partition coefficient (Wildman–Crippen LogP) is 2.77. The van der Waals surface area contributed by atoms with Gasteiger partial charge in [-0.05, 0) is 11.0 Å². The number of carbonyl (C=O) groups excluding carboxylic acids is 1. The van der Waals surface area contributed by atoms with E-state index in [1.165, 1.54) is 12.1 Å². The first-order valence-electron chi connectivity index (χ1n) is 7.68. The minimum Gasteiger partial charge on any atom is -0.348 e. The molecule has 0 aliphatic rings. The van der Waals surface area contributed by atoms with Crippen molar-refractivity contribution in [2.75, 3.05) is 0 Å². The molecule has 0 bridgehead atoms. The lowest BCUT2D eigenvalue weighted by Gasteiger charge is -2.30. The van der Waals surface area contributed by atoms with Gasteiger partial charge in [-0.1, -0.05) is 32.9 Å². The number of amides is 1. The Balaban J connectivity index is 2.09. The van der Waals surface area contributed by atoms with Crippen molar-refractivity contribution in [3.05, 3.63) is 57.9 Å². The molecule has 0 aliphatic heterocycles. The third-order valence-corrected chi connectivity index (χ3v) is 3.74. The smallest absolute Gasteiger partial charge is 0.269 e. The lowest BCUT2D eigenvalue weighted by molar-refractivity contribution is -0.384. The molecule has 0 spiro atoms. The van der Waals surface area contributed by atoms with Crippen molar-refractivity contribution >= 4 is 11.6 Å². The first-order valence-corrected chi connectivity index (χ1v) is 7.68. The number of rotatable bonds is 5. The fourth-order valence-electron chi connectivity index (χ4n) is 2.52. The van der Waals surface area contributed by atoms with E-state index in [1.807, 2.05) is 13.2 Å². The number of hydrogen-bond acceptors (Lipinski definition) is 4. The molecule has 1 atom stereocenters. The average Bonchev–Trinajstić information content (AvgIpc) is 2.90.